The Morgan fingerprint density at radius 1 is 1.10 bits per heavy atom. The molecule has 3 aromatic rings. The fourth-order valence-electron chi connectivity index (χ4n) is 3.22. The van der Waals surface area contributed by atoms with Gasteiger partial charge in [0.05, 0.1) is 17.4 Å². The molecule has 6 heteroatoms. The summed E-state index contributed by atoms with van der Waals surface area (Å²) in [7, 11) is 4.12. The first kappa shape index (κ1) is 20.7. The summed E-state index contributed by atoms with van der Waals surface area (Å²) in [6.45, 7) is 3.54. The van der Waals surface area contributed by atoms with Crippen LogP contribution in [0, 0.1) is 12.7 Å². The van der Waals surface area contributed by atoms with E-state index in [-0.39, 0.29) is 11.7 Å². The predicted molar refractivity (Wildman–Crippen MR) is 113 cm³/mol. The van der Waals surface area contributed by atoms with Crippen molar-refractivity contribution in [3.8, 4) is 5.69 Å². The fourth-order valence-corrected chi connectivity index (χ4v) is 3.22. The lowest BCUT2D eigenvalue weighted by Gasteiger charge is -2.19. The first-order valence-electron chi connectivity index (χ1n) is 9.72. The van der Waals surface area contributed by atoms with Crippen molar-refractivity contribution in [2.45, 2.75) is 19.4 Å². The second-order valence-electron chi connectivity index (χ2n) is 7.46. The molecule has 1 aliphatic heterocycles. The Hall–Kier alpha value is -2.99. The minimum absolute atomic E-state index is 0.0709. The second-order valence-corrected chi connectivity index (χ2v) is 7.46. The number of nitrogens with zero attached hydrogens (tertiary/aromatic N) is 4. The van der Waals surface area contributed by atoms with Gasteiger partial charge in [-0.3, -0.25) is 4.79 Å². The molecule has 0 bridgehead atoms. The zero-order chi connectivity index (χ0) is 20.8. The van der Waals surface area contributed by atoms with E-state index in [0.29, 0.717) is 11.6 Å². The van der Waals surface area contributed by atoms with Gasteiger partial charge in [0.25, 0.3) is 5.91 Å². The topological polar surface area (TPSA) is 41.4 Å². The van der Waals surface area contributed by atoms with Gasteiger partial charge in [0, 0.05) is 25.3 Å². The summed E-state index contributed by atoms with van der Waals surface area (Å²) in [5.41, 5.74) is 2.70. The minimum atomic E-state index is -0.171. The van der Waals surface area contributed by atoms with Crippen LogP contribution in [0.15, 0.2) is 67.0 Å². The number of aromatic nitrogens is 2. The number of halogens is 1. The average Bonchev–Trinajstić information content (AvgIpc) is 3.41. The third-order valence-electron chi connectivity index (χ3n) is 5.04. The summed E-state index contributed by atoms with van der Waals surface area (Å²) < 4.78 is 13.8. The van der Waals surface area contributed by atoms with Crippen molar-refractivity contribution in [3.63, 3.8) is 0 Å². The SMILES string of the molecule is CN(C)C1CCN(C(=O)c2cnn(-c3ccccc3)c2)C1.Cc1ccc(F)cc1. The molecular formula is C23H27FN4O. The third kappa shape index (κ3) is 5.51. The van der Waals surface area contributed by atoms with Gasteiger partial charge >= 0.3 is 0 Å². The Kier molecular flexibility index (Phi) is 6.77. The smallest absolute Gasteiger partial charge is 0.257 e. The molecule has 0 radical (unpaired) electrons. The van der Waals surface area contributed by atoms with E-state index in [1.54, 1.807) is 29.2 Å². The number of para-hydroxylation sites is 1. The normalized spacial score (nSPS) is 15.9. The van der Waals surface area contributed by atoms with Crippen molar-refractivity contribution in [2.75, 3.05) is 27.2 Å². The molecule has 1 atom stereocenters. The number of hydrogen-bond acceptors (Lipinski definition) is 3. The number of carbonyl (C=O) groups excluding carboxylic acids is 1. The number of benzene rings is 2. The molecule has 1 amide bonds. The molecule has 5 nitrogen and oxygen atoms in total. The molecule has 1 aliphatic rings. The zero-order valence-corrected chi connectivity index (χ0v) is 17.1. The summed E-state index contributed by atoms with van der Waals surface area (Å²) in [4.78, 5) is 16.6. The van der Waals surface area contributed by atoms with Crippen LogP contribution in [-0.2, 0) is 0 Å². The molecule has 2 heterocycles. The number of rotatable bonds is 3. The van der Waals surface area contributed by atoms with Crippen LogP contribution in [0.4, 0.5) is 4.39 Å². The summed E-state index contributed by atoms with van der Waals surface area (Å²) in [5, 5.41) is 4.29. The van der Waals surface area contributed by atoms with Crippen LogP contribution < -0.4 is 0 Å². The Labute approximate surface area is 171 Å². The Bertz CT molecular complexity index is 901. The standard InChI is InChI=1S/C16H20N4O.C7H7F/c1-18(2)15-8-9-19(12-15)16(21)13-10-17-20(11-13)14-6-4-3-5-7-14;1-6-2-4-7(8)5-3-6/h3-7,10-11,15H,8-9,12H2,1-2H3;2-5H,1H3. The summed E-state index contributed by atoms with van der Waals surface area (Å²) in [6.07, 6.45) is 4.49. The monoisotopic (exact) mass is 394 g/mol. The van der Waals surface area contributed by atoms with Gasteiger partial charge in [-0.05, 0) is 51.7 Å². The fraction of sp³-hybridized carbons (Fsp3) is 0.304. The minimum Gasteiger partial charge on any atom is -0.337 e. The van der Waals surface area contributed by atoms with Crippen LogP contribution in [0.5, 0.6) is 0 Å². The quantitative estimate of drug-likeness (QED) is 0.679. The molecule has 0 saturated carbocycles. The van der Waals surface area contributed by atoms with E-state index in [1.807, 2.05) is 42.2 Å². The van der Waals surface area contributed by atoms with Crippen molar-refractivity contribution >= 4 is 5.91 Å². The van der Waals surface area contributed by atoms with Crippen molar-refractivity contribution in [1.82, 2.24) is 19.6 Å². The number of aryl methyl sites for hydroxylation is 1. The van der Waals surface area contributed by atoms with Crippen molar-refractivity contribution in [2.24, 2.45) is 0 Å². The lowest BCUT2D eigenvalue weighted by atomic mass is 10.2. The molecule has 29 heavy (non-hydrogen) atoms. The van der Waals surface area contributed by atoms with E-state index >= 15 is 0 Å². The molecule has 0 aliphatic carbocycles. The van der Waals surface area contributed by atoms with Gasteiger partial charge in [-0.1, -0.05) is 35.9 Å². The van der Waals surface area contributed by atoms with Gasteiger partial charge < -0.3 is 9.80 Å². The highest BCUT2D eigenvalue weighted by Gasteiger charge is 2.28. The maximum Gasteiger partial charge on any atom is 0.257 e. The molecule has 4 rings (SSSR count). The van der Waals surface area contributed by atoms with Crippen LogP contribution in [0.1, 0.15) is 22.3 Å². The molecule has 1 unspecified atom stereocenters. The highest BCUT2D eigenvalue weighted by Crippen LogP contribution is 2.17. The predicted octanol–water partition coefficient (Wildman–Crippen LogP) is 3.78. The van der Waals surface area contributed by atoms with E-state index in [2.05, 4.69) is 24.1 Å². The number of likely N-dealkylation sites (N-methyl/N-ethyl adjacent to an activating group) is 1. The molecule has 1 fully saturated rings. The van der Waals surface area contributed by atoms with Gasteiger partial charge in [-0.2, -0.15) is 5.10 Å². The molecular weight excluding hydrogens is 367 g/mol. The lowest BCUT2D eigenvalue weighted by Crippen LogP contribution is -2.34. The number of hydrogen-bond donors (Lipinski definition) is 0. The van der Waals surface area contributed by atoms with Gasteiger partial charge in [-0.25, -0.2) is 9.07 Å². The van der Waals surface area contributed by atoms with E-state index in [0.717, 1.165) is 30.8 Å². The van der Waals surface area contributed by atoms with Crippen LogP contribution in [0.3, 0.4) is 0 Å². The van der Waals surface area contributed by atoms with Gasteiger partial charge in [0.1, 0.15) is 5.82 Å². The summed E-state index contributed by atoms with van der Waals surface area (Å²) >= 11 is 0. The largest absolute Gasteiger partial charge is 0.337 e. The Morgan fingerprint density at radius 2 is 1.79 bits per heavy atom. The molecule has 0 N–H and O–H groups in total. The van der Waals surface area contributed by atoms with E-state index in [4.69, 9.17) is 0 Å². The number of carbonyl (C=O) groups is 1. The van der Waals surface area contributed by atoms with Crippen molar-refractivity contribution < 1.29 is 9.18 Å². The lowest BCUT2D eigenvalue weighted by molar-refractivity contribution is 0.0783. The third-order valence-corrected chi connectivity index (χ3v) is 5.04. The van der Waals surface area contributed by atoms with E-state index < -0.39 is 0 Å². The van der Waals surface area contributed by atoms with Crippen molar-refractivity contribution in [3.05, 3.63) is 83.9 Å². The number of amides is 1. The molecule has 2 aromatic carbocycles. The van der Waals surface area contributed by atoms with Gasteiger partial charge in [0.15, 0.2) is 0 Å². The van der Waals surface area contributed by atoms with E-state index in [9.17, 15) is 9.18 Å². The van der Waals surface area contributed by atoms with Crippen LogP contribution >= 0.6 is 0 Å². The first-order valence-corrected chi connectivity index (χ1v) is 9.72. The Balaban J connectivity index is 0.000000252. The second kappa shape index (κ2) is 9.47. The van der Waals surface area contributed by atoms with Gasteiger partial charge in [-0.15, -0.1) is 0 Å². The molecule has 0 spiro atoms. The zero-order valence-electron chi connectivity index (χ0n) is 17.1. The average molecular weight is 394 g/mol. The molecule has 1 saturated heterocycles. The summed E-state index contributed by atoms with van der Waals surface area (Å²) in [5.74, 6) is -0.0999. The summed E-state index contributed by atoms with van der Waals surface area (Å²) in [6, 6.07) is 16.7. The highest BCUT2D eigenvalue weighted by molar-refractivity contribution is 5.94. The maximum absolute atomic E-state index is 12.5. The van der Waals surface area contributed by atoms with Crippen molar-refractivity contribution in [1.29, 1.82) is 0 Å². The van der Waals surface area contributed by atoms with Gasteiger partial charge in [0.2, 0.25) is 0 Å². The molecule has 1 aromatic heterocycles. The van der Waals surface area contributed by atoms with Crippen LogP contribution in [0.2, 0.25) is 0 Å². The first-order chi connectivity index (χ1) is 13.9. The van der Waals surface area contributed by atoms with Crippen LogP contribution in [-0.4, -0.2) is 58.7 Å². The molecule has 152 valence electrons. The van der Waals surface area contributed by atoms with E-state index in [1.165, 1.54) is 12.1 Å². The van der Waals surface area contributed by atoms with Crippen LogP contribution in [0.25, 0.3) is 5.69 Å². The number of likely N-dealkylation sites (tertiary alicyclic amines) is 1. The Morgan fingerprint density at radius 3 is 2.38 bits per heavy atom. The maximum atomic E-state index is 12.5. The highest BCUT2D eigenvalue weighted by atomic mass is 19.1.